The first kappa shape index (κ1) is 17.6. The number of halogens is 3. The molecule has 0 aliphatic carbocycles. The smallest absolute Gasteiger partial charge is 0.416 e. The Labute approximate surface area is 142 Å². The number of alkyl halides is 3. The second-order valence-electron chi connectivity index (χ2n) is 6.13. The van der Waals surface area contributed by atoms with Gasteiger partial charge < -0.3 is 9.32 Å². The van der Waals surface area contributed by atoms with Crippen LogP contribution in [0.2, 0.25) is 0 Å². The lowest BCUT2D eigenvalue weighted by Crippen LogP contribution is -2.43. The van der Waals surface area contributed by atoms with E-state index in [0.717, 1.165) is 37.4 Å². The summed E-state index contributed by atoms with van der Waals surface area (Å²) < 4.78 is 42.1. The maximum atomic E-state index is 12.5. The van der Waals surface area contributed by atoms with Gasteiger partial charge in [-0.1, -0.05) is 0 Å². The quantitative estimate of drug-likeness (QED) is 0.832. The van der Waals surface area contributed by atoms with Crippen molar-refractivity contribution in [2.75, 3.05) is 25.0 Å². The molecule has 0 unspecified atom stereocenters. The predicted octanol–water partition coefficient (Wildman–Crippen LogP) is 2.29. The van der Waals surface area contributed by atoms with Crippen LogP contribution in [-0.2, 0) is 12.7 Å². The second kappa shape index (κ2) is 6.95. The number of likely N-dealkylation sites (tertiary alicyclic amines) is 1. The standard InChI is InChI=1S/C15H19F3N6O/c1-10-7-12(20-9-19-10)23(2)11-3-5-24(6-4-11)8-13-21-22-14(25-13)15(16,17)18/h7,9,11H,3-6,8H2,1-2H3. The lowest BCUT2D eigenvalue weighted by Gasteiger charge is -2.36. The minimum Gasteiger partial charge on any atom is -0.416 e. The van der Waals surface area contributed by atoms with Crippen molar-refractivity contribution >= 4 is 5.82 Å². The number of rotatable bonds is 4. The van der Waals surface area contributed by atoms with Gasteiger partial charge in [0.15, 0.2) is 0 Å². The molecule has 0 aromatic carbocycles. The zero-order valence-corrected chi connectivity index (χ0v) is 14.0. The van der Waals surface area contributed by atoms with E-state index in [9.17, 15) is 13.2 Å². The van der Waals surface area contributed by atoms with E-state index in [1.807, 2.05) is 24.9 Å². The number of nitrogens with zero attached hydrogens (tertiary/aromatic N) is 6. The summed E-state index contributed by atoms with van der Waals surface area (Å²) in [6.07, 6.45) is -1.31. The van der Waals surface area contributed by atoms with Crippen molar-refractivity contribution in [2.24, 2.45) is 0 Å². The first-order valence-corrected chi connectivity index (χ1v) is 7.96. The molecule has 136 valence electrons. The molecule has 2 aromatic rings. The molecule has 0 saturated carbocycles. The van der Waals surface area contributed by atoms with Gasteiger partial charge in [0, 0.05) is 37.9 Å². The van der Waals surface area contributed by atoms with E-state index in [0.29, 0.717) is 6.04 Å². The Balaban J connectivity index is 1.54. The van der Waals surface area contributed by atoms with Gasteiger partial charge in [0.05, 0.1) is 6.54 Å². The van der Waals surface area contributed by atoms with Gasteiger partial charge in [0.2, 0.25) is 5.89 Å². The van der Waals surface area contributed by atoms with Gasteiger partial charge in [-0.05, 0) is 19.8 Å². The molecular formula is C15H19F3N6O. The normalized spacial score (nSPS) is 17.0. The summed E-state index contributed by atoms with van der Waals surface area (Å²) in [5, 5.41) is 6.54. The molecule has 7 nitrogen and oxygen atoms in total. The van der Waals surface area contributed by atoms with Crippen LogP contribution in [0.5, 0.6) is 0 Å². The van der Waals surface area contributed by atoms with Crippen LogP contribution in [0, 0.1) is 6.92 Å². The number of piperidine rings is 1. The van der Waals surface area contributed by atoms with Gasteiger partial charge in [-0.2, -0.15) is 13.2 Å². The van der Waals surface area contributed by atoms with Crippen LogP contribution in [0.25, 0.3) is 0 Å². The van der Waals surface area contributed by atoms with Crippen molar-refractivity contribution in [3.05, 3.63) is 29.9 Å². The average Bonchev–Trinajstić information content (AvgIpc) is 3.04. The molecule has 0 radical (unpaired) electrons. The van der Waals surface area contributed by atoms with E-state index in [4.69, 9.17) is 4.42 Å². The van der Waals surface area contributed by atoms with E-state index in [2.05, 4.69) is 25.1 Å². The van der Waals surface area contributed by atoms with E-state index >= 15 is 0 Å². The molecule has 0 bridgehead atoms. The molecular weight excluding hydrogens is 337 g/mol. The van der Waals surface area contributed by atoms with Crippen LogP contribution < -0.4 is 4.90 Å². The lowest BCUT2D eigenvalue weighted by molar-refractivity contribution is -0.157. The monoisotopic (exact) mass is 356 g/mol. The van der Waals surface area contributed by atoms with Crippen molar-refractivity contribution in [2.45, 2.75) is 38.5 Å². The van der Waals surface area contributed by atoms with Gasteiger partial charge in [-0.3, -0.25) is 4.90 Å². The summed E-state index contributed by atoms with van der Waals surface area (Å²) in [7, 11) is 2.00. The zero-order valence-electron chi connectivity index (χ0n) is 14.0. The highest BCUT2D eigenvalue weighted by molar-refractivity contribution is 5.39. The van der Waals surface area contributed by atoms with Gasteiger partial charge >= 0.3 is 12.1 Å². The van der Waals surface area contributed by atoms with Crippen molar-refractivity contribution in [1.29, 1.82) is 0 Å². The minimum atomic E-state index is -4.60. The Morgan fingerprint density at radius 1 is 1.24 bits per heavy atom. The topological polar surface area (TPSA) is 71.2 Å². The molecule has 25 heavy (non-hydrogen) atoms. The molecule has 10 heteroatoms. The van der Waals surface area contributed by atoms with Crippen molar-refractivity contribution in [3.63, 3.8) is 0 Å². The molecule has 0 N–H and O–H groups in total. The third kappa shape index (κ3) is 4.25. The van der Waals surface area contributed by atoms with E-state index in [-0.39, 0.29) is 12.4 Å². The molecule has 3 heterocycles. The summed E-state index contributed by atoms with van der Waals surface area (Å²) in [6, 6.07) is 2.25. The fourth-order valence-corrected chi connectivity index (χ4v) is 2.91. The number of hydrogen-bond donors (Lipinski definition) is 0. The summed E-state index contributed by atoms with van der Waals surface area (Å²) in [5.41, 5.74) is 0.908. The van der Waals surface area contributed by atoms with Crippen molar-refractivity contribution < 1.29 is 17.6 Å². The fourth-order valence-electron chi connectivity index (χ4n) is 2.91. The van der Waals surface area contributed by atoms with Crippen LogP contribution in [0.3, 0.4) is 0 Å². The summed E-state index contributed by atoms with van der Waals surface area (Å²) in [5.74, 6) is -0.431. The van der Waals surface area contributed by atoms with Crippen LogP contribution in [0.15, 0.2) is 16.8 Å². The largest absolute Gasteiger partial charge is 0.470 e. The van der Waals surface area contributed by atoms with Crippen LogP contribution in [-0.4, -0.2) is 51.2 Å². The van der Waals surface area contributed by atoms with Crippen molar-refractivity contribution in [1.82, 2.24) is 25.1 Å². The Bertz CT molecular complexity index is 711. The first-order chi connectivity index (χ1) is 11.8. The van der Waals surface area contributed by atoms with E-state index in [1.165, 1.54) is 0 Å². The number of anilines is 1. The highest BCUT2D eigenvalue weighted by atomic mass is 19.4. The third-order valence-electron chi connectivity index (χ3n) is 4.32. The summed E-state index contributed by atoms with van der Waals surface area (Å²) >= 11 is 0. The highest BCUT2D eigenvalue weighted by Crippen LogP contribution is 2.28. The molecule has 1 fully saturated rings. The third-order valence-corrected chi connectivity index (χ3v) is 4.32. The Kier molecular flexibility index (Phi) is 4.89. The molecule has 0 spiro atoms. The lowest BCUT2D eigenvalue weighted by atomic mass is 10.0. The van der Waals surface area contributed by atoms with E-state index < -0.39 is 12.1 Å². The first-order valence-electron chi connectivity index (χ1n) is 7.96. The van der Waals surface area contributed by atoms with Gasteiger partial charge in [0.1, 0.15) is 12.1 Å². The predicted molar refractivity (Wildman–Crippen MR) is 82.8 cm³/mol. The zero-order chi connectivity index (χ0) is 18.0. The Morgan fingerprint density at radius 2 is 1.96 bits per heavy atom. The Hall–Kier alpha value is -2.23. The highest BCUT2D eigenvalue weighted by Gasteiger charge is 2.38. The van der Waals surface area contributed by atoms with Crippen molar-refractivity contribution in [3.8, 4) is 0 Å². The molecule has 2 aromatic heterocycles. The number of aryl methyl sites for hydroxylation is 1. The molecule has 0 amide bonds. The molecule has 1 aliphatic rings. The van der Waals surface area contributed by atoms with E-state index in [1.54, 1.807) is 6.33 Å². The Morgan fingerprint density at radius 3 is 2.56 bits per heavy atom. The maximum absolute atomic E-state index is 12.5. The molecule has 3 rings (SSSR count). The molecule has 1 aliphatic heterocycles. The van der Waals surface area contributed by atoms with Gasteiger partial charge in [0.25, 0.3) is 0 Å². The fraction of sp³-hybridized carbons (Fsp3) is 0.600. The minimum absolute atomic E-state index is 0.00875. The van der Waals surface area contributed by atoms with Crippen LogP contribution in [0.4, 0.5) is 19.0 Å². The number of hydrogen-bond acceptors (Lipinski definition) is 7. The van der Waals surface area contributed by atoms with Crippen LogP contribution in [0.1, 0.15) is 30.3 Å². The SMILES string of the molecule is Cc1cc(N(C)C2CCN(Cc3nnc(C(F)(F)F)o3)CC2)ncn1. The molecule has 1 saturated heterocycles. The molecule has 0 atom stereocenters. The summed E-state index contributed by atoms with van der Waals surface area (Å²) in [6.45, 7) is 3.62. The second-order valence-corrected chi connectivity index (χ2v) is 6.13. The number of aromatic nitrogens is 4. The average molecular weight is 356 g/mol. The van der Waals surface area contributed by atoms with Gasteiger partial charge in [-0.15, -0.1) is 10.2 Å². The summed E-state index contributed by atoms with van der Waals surface area (Å²) in [4.78, 5) is 12.5. The van der Waals surface area contributed by atoms with Crippen LogP contribution >= 0.6 is 0 Å². The van der Waals surface area contributed by atoms with Gasteiger partial charge in [-0.25, -0.2) is 9.97 Å². The maximum Gasteiger partial charge on any atom is 0.470 e.